The summed E-state index contributed by atoms with van der Waals surface area (Å²) in [5.41, 5.74) is 0.925. The Hall–Kier alpha value is -4.01. The molecule has 0 saturated carbocycles. The molecule has 2 amide bonds. The lowest BCUT2D eigenvalue weighted by atomic mass is 10.0. The number of fused-ring (bicyclic) bond motifs is 3. The number of carbonyl (C=O) groups excluding carboxylic acids is 2. The van der Waals surface area contributed by atoms with E-state index in [1.54, 1.807) is 0 Å². The van der Waals surface area contributed by atoms with Crippen molar-refractivity contribution in [2.75, 3.05) is 6.54 Å². The number of benzene rings is 2. The zero-order valence-electron chi connectivity index (χ0n) is 16.5. The zero-order valence-corrected chi connectivity index (χ0v) is 16.5. The van der Waals surface area contributed by atoms with Crippen molar-refractivity contribution < 1.29 is 22.8 Å². The first kappa shape index (κ1) is 19.9. The maximum absolute atomic E-state index is 13.2. The number of pyridine rings is 1. The van der Waals surface area contributed by atoms with Crippen LogP contribution in [0.3, 0.4) is 0 Å². The average molecular weight is 436 g/mol. The predicted octanol–water partition coefficient (Wildman–Crippen LogP) is 4.48. The largest absolute Gasteiger partial charge is 0.416 e. The van der Waals surface area contributed by atoms with Gasteiger partial charge in [-0.2, -0.15) is 18.3 Å². The van der Waals surface area contributed by atoms with Gasteiger partial charge < -0.3 is 0 Å². The van der Waals surface area contributed by atoms with E-state index in [0.717, 1.165) is 22.6 Å². The molecule has 2 aromatic carbocycles. The quantitative estimate of drug-likeness (QED) is 0.479. The molecule has 1 N–H and O–H groups in total. The van der Waals surface area contributed by atoms with E-state index in [9.17, 15) is 22.8 Å². The van der Waals surface area contributed by atoms with Crippen LogP contribution >= 0.6 is 0 Å². The van der Waals surface area contributed by atoms with Crippen molar-refractivity contribution in [3.63, 3.8) is 0 Å². The average Bonchev–Trinajstić information content (AvgIpc) is 3.32. The number of alkyl halides is 3. The summed E-state index contributed by atoms with van der Waals surface area (Å²) < 4.78 is 39.6. The Balaban J connectivity index is 1.57. The second kappa shape index (κ2) is 7.30. The molecule has 0 aliphatic carbocycles. The van der Waals surface area contributed by atoms with Gasteiger partial charge in [0.05, 0.1) is 27.8 Å². The summed E-state index contributed by atoms with van der Waals surface area (Å²) in [4.78, 5) is 31.4. The molecule has 5 rings (SSSR count). The van der Waals surface area contributed by atoms with Gasteiger partial charge >= 0.3 is 6.18 Å². The van der Waals surface area contributed by atoms with Crippen LogP contribution in [-0.2, 0) is 12.6 Å². The molecule has 1 aliphatic rings. The number of nitrogens with zero attached hydrogens (tertiary/aromatic N) is 3. The van der Waals surface area contributed by atoms with Gasteiger partial charge in [-0.3, -0.25) is 19.6 Å². The molecule has 0 saturated heterocycles. The van der Waals surface area contributed by atoms with Crippen LogP contribution in [0.25, 0.3) is 22.3 Å². The highest BCUT2D eigenvalue weighted by Gasteiger charge is 2.39. The molecular formula is C23H15F3N4O2. The minimum absolute atomic E-state index is 0.106. The fourth-order valence-corrected chi connectivity index (χ4v) is 3.89. The highest BCUT2D eigenvalue weighted by atomic mass is 19.4. The van der Waals surface area contributed by atoms with Crippen LogP contribution in [0.4, 0.5) is 13.2 Å². The highest BCUT2D eigenvalue weighted by Crippen LogP contribution is 2.37. The molecule has 3 heterocycles. The number of carbonyl (C=O) groups is 2. The lowest BCUT2D eigenvalue weighted by molar-refractivity contribution is -0.137. The summed E-state index contributed by atoms with van der Waals surface area (Å²) in [6.45, 7) is 0.175. The molecule has 0 spiro atoms. The molecule has 160 valence electrons. The third-order valence-electron chi connectivity index (χ3n) is 5.46. The molecule has 4 aromatic rings. The monoisotopic (exact) mass is 436 g/mol. The van der Waals surface area contributed by atoms with Gasteiger partial charge in [-0.05, 0) is 24.1 Å². The lowest BCUT2D eigenvalue weighted by Gasteiger charge is -2.13. The van der Waals surface area contributed by atoms with Gasteiger partial charge in [0.25, 0.3) is 11.8 Å². The molecule has 0 atom stereocenters. The molecule has 0 unspecified atom stereocenters. The van der Waals surface area contributed by atoms with Crippen LogP contribution in [-0.4, -0.2) is 38.4 Å². The summed E-state index contributed by atoms with van der Waals surface area (Å²) in [7, 11) is 0. The summed E-state index contributed by atoms with van der Waals surface area (Å²) in [6.07, 6.45) is -2.75. The van der Waals surface area contributed by atoms with Crippen LogP contribution < -0.4 is 0 Å². The Bertz CT molecular complexity index is 1360. The van der Waals surface area contributed by atoms with Crippen LogP contribution in [0.5, 0.6) is 0 Å². The first-order valence-corrected chi connectivity index (χ1v) is 9.79. The van der Waals surface area contributed by atoms with Crippen LogP contribution in [0.2, 0.25) is 0 Å². The zero-order chi connectivity index (χ0) is 22.5. The van der Waals surface area contributed by atoms with Crippen LogP contribution in [0.1, 0.15) is 31.8 Å². The summed E-state index contributed by atoms with van der Waals surface area (Å²) in [6, 6.07) is 14.1. The number of nitrogens with one attached hydrogen (secondary N) is 1. The number of hydrogen-bond acceptors (Lipinski definition) is 4. The van der Waals surface area contributed by atoms with Crippen molar-refractivity contribution in [3.8, 4) is 11.3 Å². The van der Waals surface area contributed by atoms with E-state index in [-0.39, 0.29) is 40.0 Å². The second-order valence-electron chi connectivity index (χ2n) is 7.42. The maximum atomic E-state index is 13.2. The van der Waals surface area contributed by atoms with Crippen molar-refractivity contribution in [2.45, 2.75) is 12.6 Å². The van der Waals surface area contributed by atoms with E-state index < -0.39 is 23.6 Å². The van der Waals surface area contributed by atoms with E-state index in [4.69, 9.17) is 0 Å². The first-order valence-electron chi connectivity index (χ1n) is 9.79. The number of H-pyrrole nitrogens is 1. The van der Waals surface area contributed by atoms with Crippen LogP contribution in [0.15, 0.2) is 60.8 Å². The van der Waals surface area contributed by atoms with E-state index in [1.807, 2.05) is 30.3 Å². The standard InChI is InChI=1S/C23H15F3N4O2/c24-23(25,26)15-8-4-7-14(11-15)19-18-17-16(12-27-20(18)29-28-19)21(31)30(22(17)32)10-9-13-5-2-1-3-6-13/h1-8,11-12H,9-10H2,(H,27,28,29). The van der Waals surface area contributed by atoms with Gasteiger partial charge in [-0.1, -0.05) is 42.5 Å². The molecule has 9 heteroatoms. The van der Waals surface area contributed by atoms with E-state index in [1.165, 1.54) is 18.3 Å². The molecule has 0 bridgehead atoms. The fourth-order valence-electron chi connectivity index (χ4n) is 3.89. The van der Waals surface area contributed by atoms with Gasteiger partial charge in [-0.15, -0.1) is 0 Å². The van der Waals surface area contributed by atoms with Crippen molar-refractivity contribution in [3.05, 3.63) is 83.0 Å². The third-order valence-corrected chi connectivity index (χ3v) is 5.46. The number of hydrogen-bond donors (Lipinski definition) is 1. The third kappa shape index (κ3) is 3.22. The van der Waals surface area contributed by atoms with Gasteiger partial charge in [0, 0.05) is 18.3 Å². The van der Waals surface area contributed by atoms with Gasteiger partial charge in [0.2, 0.25) is 0 Å². The predicted molar refractivity (Wildman–Crippen MR) is 110 cm³/mol. The minimum atomic E-state index is -4.52. The molecular weight excluding hydrogens is 421 g/mol. The summed E-state index contributed by atoms with van der Waals surface area (Å²) >= 11 is 0. The minimum Gasteiger partial charge on any atom is -0.275 e. The lowest BCUT2D eigenvalue weighted by Crippen LogP contribution is -2.31. The number of aromatic nitrogens is 3. The second-order valence-corrected chi connectivity index (χ2v) is 7.42. The molecule has 0 radical (unpaired) electrons. The maximum Gasteiger partial charge on any atom is 0.416 e. The molecule has 0 fully saturated rings. The topological polar surface area (TPSA) is 79.0 Å². The first-order chi connectivity index (χ1) is 15.3. The van der Waals surface area contributed by atoms with Gasteiger partial charge in [-0.25, -0.2) is 4.98 Å². The van der Waals surface area contributed by atoms with E-state index in [2.05, 4.69) is 15.2 Å². The summed E-state index contributed by atoms with van der Waals surface area (Å²) in [5.74, 6) is -0.991. The molecule has 1 aliphatic heterocycles. The molecule has 32 heavy (non-hydrogen) atoms. The number of rotatable bonds is 4. The smallest absolute Gasteiger partial charge is 0.275 e. The normalized spacial score (nSPS) is 13.8. The Kier molecular flexibility index (Phi) is 4.54. The van der Waals surface area contributed by atoms with Gasteiger partial charge in [0.1, 0.15) is 0 Å². The summed E-state index contributed by atoms with van der Waals surface area (Å²) in [5, 5.41) is 6.97. The van der Waals surface area contributed by atoms with Crippen LogP contribution in [0, 0.1) is 0 Å². The van der Waals surface area contributed by atoms with E-state index >= 15 is 0 Å². The Morgan fingerprint density at radius 2 is 1.75 bits per heavy atom. The fraction of sp³-hybridized carbons (Fsp3) is 0.130. The highest BCUT2D eigenvalue weighted by molar-refractivity contribution is 6.27. The van der Waals surface area contributed by atoms with Crippen molar-refractivity contribution >= 4 is 22.8 Å². The number of imide groups is 1. The number of amides is 2. The number of aromatic amines is 1. The Labute approximate surface area is 179 Å². The van der Waals surface area contributed by atoms with Crippen molar-refractivity contribution in [2.24, 2.45) is 0 Å². The van der Waals surface area contributed by atoms with Crippen molar-refractivity contribution in [1.29, 1.82) is 0 Å². The van der Waals surface area contributed by atoms with Crippen molar-refractivity contribution in [1.82, 2.24) is 20.1 Å². The molecule has 6 nitrogen and oxygen atoms in total. The Morgan fingerprint density at radius 3 is 2.50 bits per heavy atom. The molecule has 2 aromatic heterocycles. The SMILES string of the molecule is O=C1c2cnc3n[nH]c(-c4cccc(C(F)(F)F)c4)c3c2C(=O)N1CCc1ccccc1. The van der Waals surface area contributed by atoms with E-state index in [0.29, 0.717) is 6.42 Å². The number of halogens is 3. The Morgan fingerprint density at radius 1 is 0.969 bits per heavy atom. The van der Waals surface area contributed by atoms with Gasteiger partial charge in [0.15, 0.2) is 5.65 Å².